The van der Waals surface area contributed by atoms with Crippen molar-refractivity contribution in [2.24, 2.45) is 0 Å². The van der Waals surface area contributed by atoms with Crippen molar-refractivity contribution in [2.75, 3.05) is 55.7 Å². The predicted octanol–water partition coefficient (Wildman–Crippen LogP) is 4.47. The zero-order chi connectivity index (χ0) is 23.4. The zero-order valence-corrected chi connectivity index (χ0v) is 19.6. The molecular formula is C26H33FN4O3. The first-order chi connectivity index (χ1) is 16.6. The van der Waals surface area contributed by atoms with E-state index in [1.54, 1.807) is 12.1 Å². The van der Waals surface area contributed by atoms with E-state index in [4.69, 9.17) is 9.47 Å². The minimum atomic E-state index is -0.601. The molecule has 1 spiro atoms. The number of piperidine rings is 2. The van der Waals surface area contributed by atoms with Gasteiger partial charge in [-0.3, -0.25) is 4.90 Å². The van der Waals surface area contributed by atoms with Crippen LogP contribution in [0, 0.1) is 5.95 Å². The molecule has 3 fully saturated rings. The van der Waals surface area contributed by atoms with E-state index in [9.17, 15) is 9.18 Å². The summed E-state index contributed by atoms with van der Waals surface area (Å²) in [5, 5.41) is 0. The second-order valence-corrected chi connectivity index (χ2v) is 9.54. The van der Waals surface area contributed by atoms with E-state index in [1.165, 1.54) is 43.3 Å². The molecule has 5 rings (SSSR count). The standard InChI is InChI=1S/C26H33FN4O3/c27-23-6-4-7-24(28-23)31-20-26(34-25(31)32)12-17-30(18-13-26)21-8-10-22(11-9-21)33-19-5-16-29-14-2-1-3-15-29/h4,6-11H,1-3,5,12-20H2. The smallest absolute Gasteiger partial charge is 0.416 e. The molecule has 8 heteroatoms. The molecule has 182 valence electrons. The summed E-state index contributed by atoms with van der Waals surface area (Å²) in [5.41, 5.74) is 0.599. The second-order valence-electron chi connectivity index (χ2n) is 9.54. The number of likely N-dealkylation sites (tertiary alicyclic amines) is 1. The van der Waals surface area contributed by atoms with Crippen LogP contribution < -0.4 is 14.5 Å². The maximum absolute atomic E-state index is 13.5. The van der Waals surface area contributed by atoms with E-state index in [0.717, 1.165) is 56.9 Å². The van der Waals surface area contributed by atoms with Gasteiger partial charge in [-0.25, -0.2) is 9.78 Å². The van der Waals surface area contributed by atoms with Crippen LogP contribution in [0.25, 0.3) is 0 Å². The summed E-state index contributed by atoms with van der Waals surface area (Å²) in [6.07, 6.45) is 6.06. The molecule has 1 aromatic heterocycles. The predicted molar refractivity (Wildman–Crippen MR) is 129 cm³/mol. The van der Waals surface area contributed by atoms with Crippen LogP contribution in [0.3, 0.4) is 0 Å². The number of nitrogens with zero attached hydrogens (tertiary/aromatic N) is 4. The van der Waals surface area contributed by atoms with Crippen molar-refractivity contribution in [3.63, 3.8) is 0 Å². The van der Waals surface area contributed by atoms with Crippen molar-refractivity contribution in [1.29, 1.82) is 0 Å². The molecule has 0 bridgehead atoms. The number of aromatic nitrogens is 1. The van der Waals surface area contributed by atoms with Gasteiger partial charge >= 0.3 is 6.09 Å². The van der Waals surface area contributed by atoms with E-state index >= 15 is 0 Å². The van der Waals surface area contributed by atoms with Gasteiger partial charge in [0.25, 0.3) is 0 Å². The Morgan fingerprint density at radius 1 is 1.00 bits per heavy atom. The van der Waals surface area contributed by atoms with Crippen LogP contribution in [0.4, 0.5) is 20.7 Å². The highest BCUT2D eigenvalue weighted by Crippen LogP contribution is 2.36. The fraction of sp³-hybridized carbons (Fsp3) is 0.538. The normalized spacial score (nSPS) is 20.6. The van der Waals surface area contributed by atoms with Crippen molar-refractivity contribution in [2.45, 2.75) is 44.1 Å². The molecule has 3 saturated heterocycles. The highest BCUT2D eigenvalue weighted by molar-refractivity contribution is 5.89. The number of ether oxygens (including phenoxy) is 2. The Labute approximate surface area is 200 Å². The van der Waals surface area contributed by atoms with Gasteiger partial charge in [-0.2, -0.15) is 4.39 Å². The molecule has 3 aliphatic heterocycles. The molecule has 4 heterocycles. The average Bonchev–Trinajstić information content (AvgIpc) is 3.19. The number of carbonyl (C=O) groups is 1. The number of hydrogen-bond acceptors (Lipinski definition) is 6. The first kappa shape index (κ1) is 22.9. The van der Waals surface area contributed by atoms with Crippen LogP contribution in [-0.4, -0.2) is 67.5 Å². The van der Waals surface area contributed by atoms with Crippen LogP contribution in [-0.2, 0) is 4.74 Å². The number of rotatable bonds is 7. The van der Waals surface area contributed by atoms with Gasteiger partial charge < -0.3 is 19.3 Å². The van der Waals surface area contributed by atoms with E-state index < -0.39 is 17.6 Å². The lowest BCUT2D eigenvalue weighted by molar-refractivity contribution is 0.0367. The van der Waals surface area contributed by atoms with Gasteiger partial charge in [0.15, 0.2) is 0 Å². The number of halogens is 1. The fourth-order valence-electron chi connectivity index (χ4n) is 5.19. The molecule has 0 saturated carbocycles. The van der Waals surface area contributed by atoms with Gasteiger partial charge in [0.2, 0.25) is 5.95 Å². The average molecular weight is 469 g/mol. The number of carbonyl (C=O) groups excluding carboxylic acids is 1. The van der Waals surface area contributed by atoms with Crippen LogP contribution in [0.2, 0.25) is 0 Å². The van der Waals surface area contributed by atoms with Crippen molar-refractivity contribution in [3.8, 4) is 5.75 Å². The Morgan fingerprint density at radius 2 is 1.76 bits per heavy atom. The molecule has 0 aliphatic carbocycles. The zero-order valence-electron chi connectivity index (χ0n) is 19.6. The SMILES string of the molecule is O=C1OC2(CCN(c3ccc(OCCCN4CCCCC4)cc3)CC2)CN1c1cccc(F)n1. The quantitative estimate of drug-likeness (QED) is 0.441. The van der Waals surface area contributed by atoms with E-state index in [1.807, 2.05) is 12.1 Å². The topological polar surface area (TPSA) is 58.1 Å². The monoisotopic (exact) mass is 468 g/mol. The summed E-state index contributed by atoms with van der Waals surface area (Å²) >= 11 is 0. The number of pyridine rings is 1. The maximum atomic E-state index is 13.5. The maximum Gasteiger partial charge on any atom is 0.416 e. The molecule has 0 radical (unpaired) electrons. The summed E-state index contributed by atoms with van der Waals surface area (Å²) in [5.74, 6) is 0.602. The lowest BCUT2D eigenvalue weighted by atomic mass is 9.91. The Balaban J connectivity index is 1.09. The van der Waals surface area contributed by atoms with Crippen molar-refractivity contribution >= 4 is 17.6 Å². The number of hydrogen-bond donors (Lipinski definition) is 0. The van der Waals surface area contributed by atoms with Crippen LogP contribution >= 0.6 is 0 Å². The summed E-state index contributed by atoms with van der Waals surface area (Å²) in [6, 6.07) is 12.7. The molecular weight excluding hydrogens is 435 g/mol. The molecule has 2 aromatic rings. The molecule has 1 aromatic carbocycles. The minimum absolute atomic E-state index is 0.302. The largest absolute Gasteiger partial charge is 0.494 e. The van der Waals surface area contributed by atoms with Gasteiger partial charge in [0, 0.05) is 38.2 Å². The van der Waals surface area contributed by atoms with Crippen molar-refractivity contribution in [1.82, 2.24) is 9.88 Å². The molecule has 1 amide bonds. The molecule has 0 atom stereocenters. The number of amides is 1. The fourth-order valence-corrected chi connectivity index (χ4v) is 5.19. The third-order valence-corrected chi connectivity index (χ3v) is 7.16. The van der Waals surface area contributed by atoms with Gasteiger partial charge in [0.05, 0.1) is 13.2 Å². The van der Waals surface area contributed by atoms with Crippen LogP contribution in [0.5, 0.6) is 5.75 Å². The summed E-state index contributed by atoms with van der Waals surface area (Å²) in [4.78, 5) is 22.6. The summed E-state index contributed by atoms with van der Waals surface area (Å²) < 4.78 is 25.2. The van der Waals surface area contributed by atoms with Crippen LogP contribution in [0.1, 0.15) is 38.5 Å². The number of anilines is 2. The highest BCUT2D eigenvalue weighted by Gasteiger charge is 2.48. The third-order valence-electron chi connectivity index (χ3n) is 7.16. The van der Waals surface area contributed by atoms with E-state index in [0.29, 0.717) is 12.4 Å². The Hall–Kier alpha value is -2.87. The summed E-state index contributed by atoms with van der Waals surface area (Å²) in [6.45, 7) is 6.28. The molecule has 0 unspecified atom stereocenters. The minimum Gasteiger partial charge on any atom is -0.494 e. The Kier molecular flexibility index (Phi) is 6.85. The van der Waals surface area contributed by atoms with Crippen molar-refractivity contribution in [3.05, 3.63) is 48.4 Å². The molecule has 7 nitrogen and oxygen atoms in total. The molecule has 34 heavy (non-hydrogen) atoms. The molecule has 0 N–H and O–H groups in total. The van der Waals surface area contributed by atoms with Crippen molar-refractivity contribution < 1.29 is 18.7 Å². The first-order valence-electron chi connectivity index (χ1n) is 12.4. The second kappa shape index (κ2) is 10.2. The van der Waals surface area contributed by atoms with Gasteiger partial charge in [-0.05, 0) is 68.8 Å². The highest BCUT2D eigenvalue weighted by atomic mass is 19.1. The lowest BCUT2D eigenvalue weighted by Crippen LogP contribution is -2.47. The lowest BCUT2D eigenvalue weighted by Gasteiger charge is -2.38. The van der Waals surface area contributed by atoms with Gasteiger partial charge in [-0.15, -0.1) is 0 Å². The Bertz CT molecular complexity index is 972. The first-order valence-corrected chi connectivity index (χ1v) is 12.4. The number of benzene rings is 1. The van der Waals surface area contributed by atoms with E-state index in [2.05, 4.69) is 26.9 Å². The van der Waals surface area contributed by atoms with Gasteiger partial charge in [0.1, 0.15) is 17.2 Å². The molecule has 3 aliphatic rings. The third kappa shape index (κ3) is 5.27. The van der Waals surface area contributed by atoms with Crippen LogP contribution in [0.15, 0.2) is 42.5 Å². The van der Waals surface area contributed by atoms with Gasteiger partial charge in [-0.1, -0.05) is 12.5 Å². The summed E-state index contributed by atoms with van der Waals surface area (Å²) in [7, 11) is 0. The van der Waals surface area contributed by atoms with E-state index in [-0.39, 0.29) is 0 Å². The Morgan fingerprint density at radius 3 is 2.50 bits per heavy atom.